The van der Waals surface area contributed by atoms with E-state index < -0.39 is 0 Å². The van der Waals surface area contributed by atoms with Crippen LogP contribution < -0.4 is 4.90 Å². The van der Waals surface area contributed by atoms with Gasteiger partial charge in [-0.3, -0.25) is 0 Å². The largest absolute Gasteiger partial charge is 0.366 e. The minimum Gasteiger partial charge on any atom is -0.366 e. The van der Waals surface area contributed by atoms with Crippen molar-refractivity contribution in [1.82, 2.24) is 0 Å². The Morgan fingerprint density at radius 2 is 1.33 bits per heavy atom. The molecule has 3 aromatic carbocycles. The number of piperidine rings is 1. The summed E-state index contributed by atoms with van der Waals surface area (Å²) in [6.45, 7) is 4.75. The maximum atomic E-state index is 2.62. The van der Waals surface area contributed by atoms with E-state index in [0.717, 1.165) is 0 Å². The fraction of sp³-hybridized carbons (Fsp3) is 0.304. The molecule has 0 aromatic heterocycles. The van der Waals surface area contributed by atoms with Gasteiger partial charge >= 0.3 is 0 Å². The van der Waals surface area contributed by atoms with Gasteiger partial charge in [0.25, 0.3) is 0 Å². The Kier molecular flexibility index (Phi) is 4.02. The molecule has 0 spiro atoms. The molecule has 0 aliphatic carbocycles. The highest BCUT2D eigenvalue weighted by Crippen LogP contribution is 2.38. The van der Waals surface area contributed by atoms with Crippen LogP contribution in [0.4, 0.5) is 5.69 Å². The van der Waals surface area contributed by atoms with Crippen LogP contribution in [0.2, 0.25) is 0 Å². The predicted octanol–water partition coefficient (Wildman–Crippen LogP) is 6.00. The summed E-state index contributed by atoms with van der Waals surface area (Å²) in [5, 5.41) is 2.65. The van der Waals surface area contributed by atoms with E-state index in [0.29, 0.717) is 18.0 Å². The molecule has 0 bridgehead atoms. The molecule has 0 amide bonds. The molecule has 1 aliphatic rings. The molecule has 1 nitrogen and oxygen atoms in total. The van der Waals surface area contributed by atoms with Crippen molar-refractivity contribution in [2.75, 3.05) is 4.90 Å². The summed E-state index contributed by atoms with van der Waals surface area (Å²) in [5.41, 5.74) is 2.86. The molecule has 1 fully saturated rings. The molecule has 1 saturated heterocycles. The maximum Gasteiger partial charge on any atom is 0.0377 e. The summed E-state index contributed by atoms with van der Waals surface area (Å²) in [5.74, 6) is 0.674. The summed E-state index contributed by atoms with van der Waals surface area (Å²) in [4.78, 5) is 2.62. The molecule has 24 heavy (non-hydrogen) atoms. The van der Waals surface area contributed by atoms with Crippen LogP contribution in [0.3, 0.4) is 0 Å². The zero-order valence-electron chi connectivity index (χ0n) is 14.5. The first-order valence-electron chi connectivity index (χ1n) is 9.04. The van der Waals surface area contributed by atoms with Crippen LogP contribution in [0.15, 0.2) is 72.8 Å². The molecule has 3 aromatic rings. The number of fused-ring (bicyclic) bond motifs is 1. The van der Waals surface area contributed by atoms with Gasteiger partial charge in [0, 0.05) is 17.8 Å². The zero-order chi connectivity index (χ0) is 16.5. The predicted molar refractivity (Wildman–Crippen MR) is 104 cm³/mol. The summed E-state index contributed by atoms with van der Waals surface area (Å²) in [6.07, 6.45) is 2.45. The van der Waals surface area contributed by atoms with Crippen LogP contribution in [0.25, 0.3) is 10.8 Å². The maximum absolute atomic E-state index is 2.62. The molecule has 0 saturated carbocycles. The first-order valence-corrected chi connectivity index (χ1v) is 9.04. The van der Waals surface area contributed by atoms with Gasteiger partial charge in [0.15, 0.2) is 0 Å². The topological polar surface area (TPSA) is 3.24 Å². The minimum absolute atomic E-state index is 0.556. The van der Waals surface area contributed by atoms with E-state index >= 15 is 0 Å². The lowest BCUT2D eigenvalue weighted by Gasteiger charge is -2.44. The third kappa shape index (κ3) is 2.80. The van der Waals surface area contributed by atoms with E-state index in [1.54, 1.807) is 0 Å². The smallest absolute Gasteiger partial charge is 0.0377 e. The monoisotopic (exact) mass is 315 g/mol. The Morgan fingerprint density at radius 3 is 2.04 bits per heavy atom. The quantitative estimate of drug-likeness (QED) is 0.560. The van der Waals surface area contributed by atoms with Crippen LogP contribution in [0.5, 0.6) is 0 Å². The van der Waals surface area contributed by atoms with Crippen molar-refractivity contribution in [2.45, 2.75) is 44.7 Å². The highest BCUT2D eigenvalue weighted by atomic mass is 15.2. The summed E-state index contributed by atoms with van der Waals surface area (Å²) >= 11 is 0. The lowest BCUT2D eigenvalue weighted by Crippen LogP contribution is -2.46. The third-order valence-electron chi connectivity index (χ3n) is 5.50. The molecule has 1 heteroatoms. The summed E-state index contributed by atoms with van der Waals surface area (Å²) in [6, 6.07) is 27.7. The zero-order valence-corrected chi connectivity index (χ0v) is 14.5. The normalized spacial score (nSPS) is 24.2. The lowest BCUT2D eigenvalue weighted by molar-refractivity contribution is 0.371. The van der Waals surface area contributed by atoms with E-state index in [4.69, 9.17) is 0 Å². The molecule has 4 rings (SSSR count). The number of nitrogens with zero attached hydrogens (tertiary/aromatic N) is 1. The molecule has 1 aliphatic heterocycles. The number of anilines is 1. The van der Waals surface area contributed by atoms with Gasteiger partial charge in [0.2, 0.25) is 0 Å². The van der Waals surface area contributed by atoms with E-state index in [1.165, 1.54) is 34.9 Å². The summed E-state index contributed by atoms with van der Waals surface area (Å²) < 4.78 is 0. The third-order valence-corrected chi connectivity index (χ3v) is 5.50. The van der Waals surface area contributed by atoms with Gasteiger partial charge in [-0.1, -0.05) is 60.7 Å². The second-order valence-corrected chi connectivity index (χ2v) is 7.22. The van der Waals surface area contributed by atoms with Gasteiger partial charge in [0.1, 0.15) is 0 Å². The van der Waals surface area contributed by atoms with Gasteiger partial charge in [-0.25, -0.2) is 0 Å². The first kappa shape index (κ1) is 15.3. The second-order valence-electron chi connectivity index (χ2n) is 7.22. The van der Waals surface area contributed by atoms with Crippen molar-refractivity contribution in [3.8, 4) is 0 Å². The average Bonchev–Trinajstić information content (AvgIpc) is 2.62. The first-order chi connectivity index (χ1) is 11.7. The van der Waals surface area contributed by atoms with E-state index in [1.807, 2.05) is 0 Å². The second kappa shape index (κ2) is 6.32. The molecule has 0 N–H and O–H groups in total. The minimum atomic E-state index is 0.556. The average molecular weight is 315 g/mol. The van der Waals surface area contributed by atoms with Crippen molar-refractivity contribution >= 4 is 16.5 Å². The van der Waals surface area contributed by atoms with Crippen LogP contribution in [-0.2, 0) is 0 Å². The highest BCUT2D eigenvalue weighted by Gasteiger charge is 2.31. The fourth-order valence-corrected chi connectivity index (χ4v) is 4.42. The van der Waals surface area contributed by atoms with Crippen molar-refractivity contribution in [3.63, 3.8) is 0 Å². The van der Waals surface area contributed by atoms with Crippen molar-refractivity contribution < 1.29 is 0 Å². The van der Waals surface area contributed by atoms with Crippen molar-refractivity contribution in [2.24, 2.45) is 0 Å². The Morgan fingerprint density at radius 1 is 0.708 bits per heavy atom. The summed E-state index contributed by atoms with van der Waals surface area (Å²) in [7, 11) is 0. The molecular weight excluding hydrogens is 290 g/mol. The highest BCUT2D eigenvalue weighted by molar-refractivity contribution is 5.86. The van der Waals surface area contributed by atoms with Crippen molar-refractivity contribution in [1.29, 1.82) is 0 Å². The molecule has 0 radical (unpaired) electrons. The van der Waals surface area contributed by atoms with Gasteiger partial charge < -0.3 is 4.90 Å². The number of benzene rings is 3. The number of hydrogen-bond acceptors (Lipinski definition) is 1. The van der Waals surface area contributed by atoms with Crippen LogP contribution in [0.1, 0.15) is 38.2 Å². The molecule has 1 heterocycles. The van der Waals surface area contributed by atoms with Gasteiger partial charge in [-0.05, 0) is 61.1 Å². The van der Waals surface area contributed by atoms with Crippen LogP contribution >= 0.6 is 0 Å². The number of hydrogen-bond donors (Lipinski definition) is 0. The Bertz CT molecular complexity index is 812. The van der Waals surface area contributed by atoms with Gasteiger partial charge in [-0.2, -0.15) is 0 Å². The molecule has 3 atom stereocenters. The SMILES string of the molecule is C[C@@H]1CC(c2ccccc2)C[C@H](C)N1c1ccc2ccccc2c1. The Labute approximate surface area is 144 Å². The van der Waals surface area contributed by atoms with E-state index in [-0.39, 0.29) is 0 Å². The standard InChI is InChI=1S/C23H25N/c1-17-14-22(19-8-4-3-5-9-19)15-18(2)24(17)23-13-12-20-10-6-7-11-21(20)16-23/h3-13,16-18,22H,14-15H2,1-2H3/t17-,18+,22?. The Balaban J connectivity index is 1.62. The van der Waals surface area contributed by atoms with E-state index in [2.05, 4.69) is 91.5 Å². The van der Waals surface area contributed by atoms with Crippen LogP contribution in [-0.4, -0.2) is 12.1 Å². The number of rotatable bonds is 2. The lowest BCUT2D eigenvalue weighted by atomic mass is 9.82. The molecule has 122 valence electrons. The van der Waals surface area contributed by atoms with Gasteiger partial charge in [0.05, 0.1) is 0 Å². The van der Waals surface area contributed by atoms with Crippen LogP contribution in [0, 0.1) is 0 Å². The molecular formula is C23H25N. The van der Waals surface area contributed by atoms with Crippen molar-refractivity contribution in [3.05, 3.63) is 78.4 Å². The van der Waals surface area contributed by atoms with E-state index in [9.17, 15) is 0 Å². The fourth-order valence-electron chi connectivity index (χ4n) is 4.42. The molecule has 1 unspecified atom stereocenters. The Hall–Kier alpha value is -2.28. The van der Waals surface area contributed by atoms with Gasteiger partial charge in [-0.15, -0.1) is 0 Å².